The molecule has 1 aromatic carbocycles. The summed E-state index contributed by atoms with van der Waals surface area (Å²) < 4.78 is 5.37. The molecule has 7 nitrogen and oxygen atoms in total. The average Bonchev–Trinajstić information content (AvgIpc) is 3.28. The Balaban J connectivity index is 0.000000298. The second-order valence-electron chi connectivity index (χ2n) is 11.4. The van der Waals surface area contributed by atoms with Crippen molar-refractivity contribution in [1.29, 1.82) is 0 Å². The van der Waals surface area contributed by atoms with E-state index in [1.54, 1.807) is 24.3 Å². The van der Waals surface area contributed by atoms with E-state index < -0.39 is 17.1 Å². The molecule has 226 valence electrons. The molecule has 0 spiro atoms. The summed E-state index contributed by atoms with van der Waals surface area (Å²) in [5.74, 6) is 0.771. The number of carbonyl (C=O) groups is 4. The first-order valence-electron chi connectivity index (χ1n) is 15.3. The molecule has 0 radical (unpaired) electrons. The van der Waals surface area contributed by atoms with Crippen LogP contribution in [0.1, 0.15) is 121 Å². The summed E-state index contributed by atoms with van der Waals surface area (Å²) in [6, 6.07) is 4.85. The van der Waals surface area contributed by atoms with Gasteiger partial charge in [0, 0.05) is 18.9 Å². The average molecular weight is 606 g/mol. The summed E-state index contributed by atoms with van der Waals surface area (Å²) >= 11 is 7.06. The van der Waals surface area contributed by atoms with Gasteiger partial charge >= 0.3 is 11.9 Å². The number of carboxylic acids is 1. The highest BCUT2D eigenvalue weighted by Gasteiger charge is 2.25. The fourth-order valence-electron chi connectivity index (χ4n) is 5.80. The summed E-state index contributed by atoms with van der Waals surface area (Å²) in [7, 11) is 0. The van der Waals surface area contributed by atoms with Gasteiger partial charge in [-0.15, -0.1) is 0 Å². The van der Waals surface area contributed by atoms with Crippen molar-refractivity contribution in [2.75, 3.05) is 0 Å². The first-order chi connectivity index (χ1) is 19.8. The molecule has 1 aromatic rings. The molecule has 2 N–H and O–H groups in total. The van der Waals surface area contributed by atoms with Gasteiger partial charge in [0.2, 0.25) is 0 Å². The van der Waals surface area contributed by atoms with E-state index in [4.69, 9.17) is 21.4 Å². The Morgan fingerprint density at radius 2 is 1.49 bits per heavy atom. The summed E-state index contributed by atoms with van der Waals surface area (Å²) in [5, 5.41) is 10.6. The number of unbranched alkanes of at least 4 members (excludes halogenated alkanes) is 2. The molecule has 1 heterocycles. The minimum atomic E-state index is -0.649. The first kappa shape index (κ1) is 33.2. The number of hydrogen-bond acceptors (Lipinski definition) is 6. The standard InChI is InChI=1S/C21H24ClNO4S.C11H20O2/c22-17-13-16(11-10-15(17)12-18-20(25)23-21(26)28-18)27-19(24)9-5-4-8-14-6-2-1-3-7-14;12-11(13)9-5-4-8-10-6-2-1-3-7-10/h10-14H,1-9H2,(H,23,25,26);10H,1-9H2,(H,12,13)/b18-12-;. The minimum Gasteiger partial charge on any atom is -0.481 e. The fourth-order valence-corrected chi connectivity index (χ4v) is 6.69. The first-order valence-corrected chi connectivity index (χ1v) is 16.5. The molecular formula is C32H44ClNO6S. The lowest BCUT2D eigenvalue weighted by Gasteiger charge is -2.21. The number of aliphatic carboxylic acids is 1. The van der Waals surface area contributed by atoms with Crippen LogP contribution in [0.2, 0.25) is 5.02 Å². The second-order valence-corrected chi connectivity index (χ2v) is 12.8. The molecule has 0 aromatic heterocycles. The third-order valence-corrected chi connectivity index (χ3v) is 9.22. The molecule has 1 saturated heterocycles. The van der Waals surface area contributed by atoms with Crippen LogP contribution < -0.4 is 10.1 Å². The van der Waals surface area contributed by atoms with Crippen molar-refractivity contribution < 1.29 is 29.0 Å². The molecule has 0 bridgehead atoms. The van der Waals surface area contributed by atoms with E-state index in [2.05, 4.69) is 5.32 Å². The SMILES string of the molecule is O=C(CCCCC1CCCCC1)Oc1ccc(/C=C2\SC(=O)NC2=O)c(Cl)c1.O=C(O)CCCCC1CCCCC1. The fraction of sp³-hybridized carbons (Fsp3) is 0.625. The van der Waals surface area contributed by atoms with Crippen molar-refractivity contribution >= 4 is 52.5 Å². The quantitative estimate of drug-likeness (QED) is 0.106. The van der Waals surface area contributed by atoms with Crippen molar-refractivity contribution in [3.05, 3.63) is 33.7 Å². The summed E-state index contributed by atoms with van der Waals surface area (Å²) in [6.45, 7) is 0. The van der Waals surface area contributed by atoms with E-state index in [0.29, 0.717) is 29.2 Å². The number of esters is 1. The number of nitrogens with one attached hydrogen (secondary N) is 1. The smallest absolute Gasteiger partial charge is 0.311 e. The molecule has 2 saturated carbocycles. The normalized spacial score (nSPS) is 19.0. The predicted molar refractivity (Wildman–Crippen MR) is 164 cm³/mol. The second kappa shape index (κ2) is 18.3. The monoisotopic (exact) mass is 605 g/mol. The van der Waals surface area contributed by atoms with Gasteiger partial charge < -0.3 is 9.84 Å². The van der Waals surface area contributed by atoms with Gasteiger partial charge in [-0.05, 0) is 60.2 Å². The lowest BCUT2D eigenvalue weighted by Crippen LogP contribution is -2.17. The highest BCUT2D eigenvalue weighted by Crippen LogP contribution is 2.31. The number of carboxylic acid groups (broad SMARTS) is 1. The number of benzene rings is 1. The van der Waals surface area contributed by atoms with Crippen LogP contribution in [0, 0.1) is 11.8 Å². The molecule has 3 aliphatic rings. The summed E-state index contributed by atoms with van der Waals surface area (Å²) in [4.78, 5) is 45.4. The van der Waals surface area contributed by atoms with Gasteiger partial charge in [0.1, 0.15) is 5.75 Å². The van der Waals surface area contributed by atoms with E-state index in [0.717, 1.165) is 49.3 Å². The number of hydrogen-bond donors (Lipinski definition) is 2. The number of rotatable bonds is 12. The van der Waals surface area contributed by atoms with Crippen LogP contribution in [0.3, 0.4) is 0 Å². The number of thioether (sulfide) groups is 1. The van der Waals surface area contributed by atoms with Crippen LogP contribution >= 0.6 is 23.4 Å². The van der Waals surface area contributed by atoms with Gasteiger partial charge in [0.25, 0.3) is 11.1 Å². The third kappa shape index (κ3) is 13.0. The van der Waals surface area contributed by atoms with Crippen molar-refractivity contribution in [2.45, 2.75) is 116 Å². The maximum atomic E-state index is 12.0. The molecule has 2 aliphatic carbocycles. The Hall–Kier alpha value is -2.32. The zero-order chi connectivity index (χ0) is 29.5. The topological polar surface area (TPSA) is 110 Å². The highest BCUT2D eigenvalue weighted by atomic mass is 35.5. The van der Waals surface area contributed by atoms with Gasteiger partial charge in [-0.2, -0.15) is 0 Å². The molecule has 1 aliphatic heterocycles. The van der Waals surface area contributed by atoms with Gasteiger partial charge in [-0.25, -0.2) is 0 Å². The number of halogens is 1. The Kier molecular flexibility index (Phi) is 14.8. The lowest BCUT2D eigenvalue weighted by atomic mass is 9.86. The Bertz CT molecular complexity index is 1060. The van der Waals surface area contributed by atoms with Gasteiger partial charge in [-0.3, -0.25) is 24.5 Å². The van der Waals surface area contributed by atoms with E-state index in [9.17, 15) is 19.2 Å². The zero-order valence-corrected chi connectivity index (χ0v) is 25.5. The zero-order valence-electron chi connectivity index (χ0n) is 24.0. The van der Waals surface area contributed by atoms with Gasteiger partial charge in [0.05, 0.1) is 9.93 Å². The van der Waals surface area contributed by atoms with Crippen LogP contribution in [0.5, 0.6) is 5.75 Å². The largest absolute Gasteiger partial charge is 0.481 e. The van der Waals surface area contributed by atoms with Crippen molar-refractivity contribution in [3.8, 4) is 5.75 Å². The molecule has 0 unspecified atom stereocenters. The minimum absolute atomic E-state index is 0.262. The van der Waals surface area contributed by atoms with Gasteiger partial charge in [-0.1, -0.05) is 101 Å². The van der Waals surface area contributed by atoms with Crippen LogP contribution in [-0.2, 0) is 14.4 Å². The van der Waals surface area contributed by atoms with E-state index in [1.807, 2.05) is 0 Å². The van der Waals surface area contributed by atoms with Crippen molar-refractivity contribution in [1.82, 2.24) is 5.32 Å². The van der Waals surface area contributed by atoms with Crippen LogP contribution in [-0.4, -0.2) is 28.2 Å². The van der Waals surface area contributed by atoms with E-state index in [-0.39, 0.29) is 10.9 Å². The molecule has 2 amide bonds. The highest BCUT2D eigenvalue weighted by molar-refractivity contribution is 8.18. The van der Waals surface area contributed by atoms with Crippen LogP contribution in [0.15, 0.2) is 23.1 Å². The Labute approximate surface area is 253 Å². The molecule has 0 atom stereocenters. The van der Waals surface area contributed by atoms with E-state index >= 15 is 0 Å². The van der Waals surface area contributed by atoms with Gasteiger partial charge in [0.15, 0.2) is 0 Å². The Morgan fingerprint density at radius 1 is 0.902 bits per heavy atom. The maximum Gasteiger partial charge on any atom is 0.311 e. The number of imide groups is 1. The molecule has 4 rings (SSSR count). The predicted octanol–water partition coefficient (Wildman–Crippen LogP) is 8.92. The number of carbonyl (C=O) groups excluding carboxylic acids is 3. The van der Waals surface area contributed by atoms with Crippen molar-refractivity contribution in [3.63, 3.8) is 0 Å². The van der Waals surface area contributed by atoms with Crippen molar-refractivity contribution in [2.24, 2.45) is 11.8 Å². The van der Waals surface area contributed by atoms with E-state index in [1.165, 1.54) is 77.0 Å². The maximum absolute atomic E-state index is 12.0. The lowest BCUT2D eigenvalue weighted by molar-refractivity contribution is -0.137. The summed E-state index contributed by atoms with van der Waals surface area (Å²) in [6.07, 6.45) is 22.3. The third-order valence-electron chi connectivity index (χ3n) is 8.08. The van der Waals surface area contributed by atoms with Crippen LogP contribution in [0.25, 0.3) is 6.08 Å². The molecular weight excluding hydrogens is 562 g/mol. The summed E-state index contributed by atoms with van der Waals surface area (Å²) in [5.41, 5.74) is 0.585. The number of amides is 2. The molecule has 9 heteroatoms. The molecule has 41 heavy (non-hydrogen) atoms. The Morgan fingerprint density at radius 3 is 2.00 bits per heavy atom. The molecule has 3 fully saturated rings. The number of ether oxygens (including phenoxy) is 1. The van der Waals surface area contributed by atoms with Crippen LogP contribution in [0.4, 0.5) is 4.79 Å².